The maximum Gasteiger partial charge on any atom is 0.164 e. The van der Waals surface area contributed by atoms with Gasteiger partial charge in [0.2, 0.25) is 0 Å². The molecule has 262 valence electrons. The Labute approximate surface area is 327 Å². The van der Waals surface area contributed by atoms with E-state index in [1.165, 1.54) is 53.6 Å². The average molecular weight is 734 g/mol. The van der Waals surface area contributed by atoms with Gasteiger partial charge in [0, 0.05) is 47.6 Å². The van der Waals surface area contributed by atoms with Crippen LogP contribution in [0.25, 0.3) is 110 Å². The summed E-state index contributed by atoms with van der Waals surface area (Å²) in [6.07, 6.45) is 0. The lowest BCUT2D eigenvalue weighted by molar-refractivity contribution is 0.669. The second kappa shape index (κ2) is 13.3. The number of furan rings is 1. The van der Waals surface area contributed by atoms with E-state index < -0.39 is 0 Å². The zero-order valence-corrected chi connectivity index (χ0v) is 30.9. The van der Waals surface area contributed by atoms with E-state index >= 15 is 0 Å². The van der Waals surface area contributed by atoms with E-state index in [4.69, 9.17) is 19.4 Å². The Morgan fingerprint density at radius 2 is 0.893 bits per heavy atom. The first-order valence-corrected chi connectivity index (χ1v) is 19.5. The molecule has 11 aromatic rings. The molecule has 3 heterocycles. The lowest BCUT2D eigenvalue weighted by Crippen LogP contribution is -2.00. The van der Waals surface area contributed by atoms with E-state index in [0.29, 0.717) is 17.5 Å². The molecule has 5 heteroatoms. The van der Waals surface area contributed by atoms with Crippen molar-refractivity contribution in [3.63, 3.8) is 0 Å². The molecule has 56 heavy (non-hydrogen) atoms. The molecule has 3 aromatic heterocycles. The highest BCUT2D eigenvalue weighted by Gasteiger charge is 2.19. The molecule has 0 aliphatic rings. The van der Waals surface area contributed by atoms with Gasteiger partial charge in [0.25, 0.3) is 0 Å². The minimum absolute atomic E-state index is 0.610. The molecule has 0 saturated carbocycles. The van der Waals surface area contributed by atoms with E-state index in [9.17, 15) is 0 Å². The van der Waals surface area contributed by atoms with Crippen molar-refractivity contribution in [2.24, 2.45) is 0 Å². The van der Waals surface area contributed by atoms with Gasteiger partial charge in [-0.1, -0.05) is 152 Å². The lowest BCUT2D eigenvalue weighted by atomic mass is 9.94. The summed E-state index contributed by atoms with van der Waals surface area (Å²) in [5, 5.41) is 4.51. The smallest absolute Gasteiger partial charge is 0.164 e. The van der Waals surface area contributed by atoms with Gasteiger partial charge in [-0.3, -0.25) is 0 Å². The number of para-hydroxylation sites is 1. The third-order valence-electron chi connectivity index (χ3n) is 10.5. The van der Waals surface area contributed by atoms with Crippen LogP contribution in [0.4, 0.5) is 0 Å². The monoisotopic (exact) mass is 733 g/mol. The van der Waals surface area contributed by atoms with Crippen LogP contribution < -0.4 is 0 Å². The standard InChI is InChI=1S/C51H31N3OS/c1-3-13-32(14-4-1)34-17-9-18-35(29-34)36-19-10-20-37(30-36)39-22-12-26-45-48(39)41-28-27-38(31-46(41)56-45)50-52-49(33-15-5-2-6-16-33)53-51(54-50)42-23-11-25-44-47(42)40-21-7-8-24-43(40)55-44/h1-31H. The van der Waals surface area contributed by atoms with Crippen molar-refractivity contribution in [3.05, 3.63) is 188 Å². The molecular weight excluding hydrogens is 703 g/mol. The molecule has 8 aromatic carbocycles. The number of hydrogen-bond acceptors (Lipinski definition) is 5. The van der Waals surface area contributed by atoms with Crippen LogP contribution in [0.1, 0.15) is 0 Å². The summed E-state index contributed by atoms with van der Waals surface area (Å²) in [7, 11) is 0. The fourth-order valence-corrected chi connectivity index (χ4v) is 9.05. The first-order valence-electron chi connectivity index (χ1n) is 18.7. The summed E-state index contributed by atoms with van der Waals surface area (Å²) in [5.74, 6) is 1.87. The Balaban J connectivity index is 1.03. The molecule has 0 bridgehead atoms. The highest BCUT2D eigenvalue weighted by molar-refractivity contribution is 7.26. The molecule has 0 aliphatic carbocycles. The predicted molar refractivity (Wildman–Crippen MR) is 233 cm³/mol. The molecular formula is C51H31N3OS. The summed E-state index contributed by atoms with van der Waals surface area (Å²) in [6, 6.07) is 65.8. The van der Waals surface area contributed by atoms with E-state index in [-0.39, 0.29) is 0 Å². The van der Waals surface area contributed by atoms with Crippen LogP contribution in [0.5, 0.6) is 0 Å². The number of thiophene rings is 1. The van der Waals surface area contributed by atoms with E-state index in [1.807, 2.05) is 60.7 Å². The molecule has 0 unspecified atom stereocenters. The van der Waals surface area contributed by atoms with Crippen LogP contribution in [0.15, 0.2) is 192 Å². The summed E-state index contributed by atoms with van der Waals surface area (Å²) in [4.78, 5) is 15.3. The normalized spacial score (nSPS) is 11.6. The number of rotatable bonds is 6. The van der Waals surface area contributed by atoms with Crippen molar-refractivity contribution in [1.82, 2.24) is 15.0 Å². The fourth-order valence-electron chi connectivity index (χ4n) is 7.88. The Morgan fingerprint density at radius 1 is 0.321 bits per heavy atom. The number of benzene rings is 8. The van der Waals surface area contributed by atoms with Gasteiger partial charge < -0.3 is 4.42 Å². The van der Waals surface area contributed by atoms with Crippen molar-refractivity contribution in [1.29, 1.82) is 0 Å². The zero-order valence-electron chi connectivity index (χ0n) is 30.1. The molecule has 0 fully saturated rings. The SMILES string of the molecule is c1ccc(-c2cccc(-c3cccc(-c4cccc5sc6cc(-c7nc(-c8ccccc8)nc(-c8cccc9oc%10ccccc%10c89)n7)ccc6c45)c3)c2)cc1. The van der Waals surface area contributed by atoms with Crippen molar-refractivity contribution in [2.75, 3.05) is 0 Å². The molecule has 0 atom stereocenters. The number of hydrogen-bond donors (Lipinski definition) is 0. The summed E-state index contributed by atoms with van der Waals surface area (Å²) >= 11 is 1.80. The molecule has 11 rings (SSSR count). The van der Waals surface area contributed by atoms with Gasteiger partial charge in [-0.2, -0.15) is 0 Å². The van der Waals surface area contributed by atoms with Crippen molar-refractivity contribution >= 4 is 53.4 Å². The minimum atomic E-state index is 0.610. The average Bonchev–Trinajstić information content (AvgIpc) is 3.85. The number of fused-ring (bicyclic) bond motifs is 6. The second-order valence-corrected chi connectivity index (χ2v) is 15.1. The molecule has 0 amide bonds. The van der Waals surface area contributed by atoms with Gasteiger partial charge in [-0.15, -0.1) is 11.3 Å². The van der Waals surface area contributed by atoms with Crippen molar-refractivity contribution in [2.45, 2.75) is 0 Å². The van der Waals surface area contributed by atoms with Gasteiger partial charge in [-0.05, 0) is 69.8 Å². The molecule has 0 radical (unpaired) electrons. The van der Waals surface area contributed by atoms with Gasteiger partial charge in [-0.25, -0.2) is 15.0 Å². The van der Waals surface area contributed by atoms with E-state index in [1.54, 1.807) is 11.3 Å². The third kappa shape index (κ3) is 5.56. The van der Waals surface area contributed by atoms with Crippen LogP contribution in [0.2, 0.25) is 0 Å². The summed E-state index contributed by atoms with van der Waals surface area (Å²) in [6.45, 7) is 0. The van der Waals surface area contributed by atoms with Gasteiger partial charge in [0.05, 0.1) is 0 Å². The largest absolute Gasteiger partial charge is 0.456 e. The van der Waals surface area contributed by atoms with Gasteiger partial charge in [0.15, 0.2) is 17.5 Å². The summed E-state index contributed by atoms with van der Waals surface area (Å²) in [5.41, 5.74) is 11.7. The zero-order chi connectivity index (χ0) is 37.0. The van der Waals surface area contributed by atoms with Crippen molar-refractivity contribution < 1.29 is 4.42 Å². The third-order valence-corrected chi connectivity index (χ3v) is 11.7. The van der Waals surface area contributed by atoms with E-state index in [2.05, 4.69) is 127 Å². The first-order chi connectivity index (χ1) is 27.7. The van der Waals surface area contributed by atoms with Gasteiger partial charge >= 0.3 is 0 Å². The molecule has 0 spiro atoms. The minimum Gasteiger partial charge on any atom is -0.456 e. The fraction of sp³-hybridized carbons (Fsp3) is 0. The second-order valence-electron chi connectivity index (χ2n) is 14.0. The van der Waals surface area contributed by atoms with E-state index in [0.717, 1.165) is 38.6 Å². The topological polar surface area (TPSA) is 51.8 Å². The first kappa shape index (κ1) is 32.2. The Morgan fingerprint density at radius 3 is 1.70 bits per heavy atom. The van der Waals surface area contributed by atoms with Crippen LogP contribution in [0, 0.1) is 0 Å². The van der Waals surface area contributed by atoms with Gasteiger partial charge in [0.1, 0.15) is 11.2 Å². The Hall–Kier alpha value is -7.21. The maximum absolute atomic E-state index is 6.24. The van der Waals surface area contributed by atoms with Crippen LogP contribution in [-0.4, -0.2) is 15.0 Å². The number of nitrogens with zero attached hydrogens (tertiary/aromatic N) is 3. The van der Waals surface area contributed by atoms with Crippen LogP contribution in [-0.2, 0) is 0 Å². The number of aromatic nitrogens is 3. The quantitative estimate of drug-likeness (QED) is 0.171. The van der Waals surface area contributed by atoms with Crippen LogP contribution >= 0.6 is 11.3 Å². The Kier molecular flexibility index (Phi) is 7.64. The van der Waals surface area contributed by atoms with Crippen molar-refractivity contribution in [3.8, 4) is 67.5 Å². The van der Waals surface area contributed by atoms with Crippen LogP contribution in [0.3, 0.4) is 0 Å². The molecule has 0 N–H and O–H groups in total. The lowest BCUT2D eigenvalue weighted by Gasteiger charge is -2.10. The maximum atomic E-state index is 6.24. The predicted octanol–water partition coefficient (Wildman–Crippen LogP) is 14.1. The highest BCUT2D eigenvalue weighted by atomic mass is 32.1. The molecule has 4 nitrogen and oxygen atoms in total. The summed E-state index contributed by atoms with van der Waals surface area (Å²) < 4.78 is 8.67. The Bertz CT molecular complexity index is 3260. The highest BCUT2D eigenvalue weighted by Crippen LogP contribution is 2.43. The molecule has 0 aliphatic heterocycles. The molecule has 0 saturated heterocycles.